The molecule has 2 aromatic carbocycles. The summed E-state index contributed by atoms with van der Waals surface area (Å²) >= 11 is 1.01. The molecule has 0 saturated heterocycles. The minimum Gasteiger partial charge on any atom is -0.389 e. The number of anilines is 2. The Hall–Kier alpha value is -1.82. The second-order valence-electron chi connectivity index (χ2n) is 4.93. The number of thioether (sulfide) groups is 1. The van der Waals surface area contributed by atoms with Gasteiger partial charge in [-0.05, 0) is 29.8 Å². The highest BCUT2D eigenvalue weighted by atomic mass is 32.2. The monoisotopic (exact) mass is 317 g/mol. The predicted molar refractivity (Wildman–Crippen MR) is 90.3 cm³/mol. The highest BCUT2D eigenvalue weighted by molar-refractivity contribution is 8.13. The van der Waals surface area contributed by atoms with Gasteiger partial charge in [0.05, 0.1) is 6.10 Å². The molecule has 22 heavy (non-hydrogen) atoms. The third-order valence-electron chi connectivity index (χ3n) is 3.14. The van der Waals surface area contributed by atoms with Gasteiger partial charge in [-0.15, -0.1) is 0 Å². The lowest BCUT2D eigenvalue weighted by molar-refractivity contribution is -0.109. The van der Waals surface area contributed by atoms with Crippen LogP contribution in [0, 0.1) is 0 Å². The van der Waals surface area contributed by atoms with Gasteiger partial charge in [-0.2, -0.15) is 0 Å². The van der Waals surface area contributed by atoms with Gasteiger partial charge in [0.2, 0.25) is 0 Å². The molecule has 4 nitrogen and oxygen atoms in total. The zero-order chi connectivity index (χ0) is 15.9. The fourth-order valence-electron chi connectivity index (χ4n) is 1.97. The molecular weight excluding hydrogens is 298 g/mol. The molecule has 2 unspecified atom stereocenters. The highest BCUT2D eigenvalue weighted by Gasteiger charge is 2.19. The Kier molecular flexibility index (Phi) is 6.00. The average molecular weight is 317 g/mol. The average Bonchev–Trinajstić information content (AvgIpc) is 2.53. The lowest BCUT2D eigenvalue weighted by Crippen LogP contribution is -2.21. The van der Waals surface area contributed by atoms with E-state index in [2.05, 4.69) is 5.32 Å². The molecular formula is C17H19NO3S. The molecule has 0 aliphatic carbocycles. The zero-order valence-electron chi connectivity index (χ0n) is 12.3. The summed E-state index contributed by atoms with van der Waals surface area (Å²) in [6.07, 6.45) is -1.97. The third kappa shape index (κ3) is 4.87. The summed E-state index contributed by atoms with van der Waals surface area (Å²) in [5, 5.41) is 23.1. The van der Waals surface area contributed by atoms with Crippen LogP contribution in [0.15, 0.2) is 54.6 Å². The number of hydrogen-bond donors (Lipinski definition) is 3. The number of aliphatic hydroxyl groups excluding tert-OH is 2. The first kappa shape index (κ1) is 16.5. The van der Waals surface area contributed by atoms with Crippen LogP contribution in [0.25, 0.3) is 0 Å². The molecule has 0 aromatic heterocycles. The fourth-order valence-corrected chi connectivity index (χ4v) is 2.56. The van der Waals surface area contributed by atoms with Crippen LogP contribution in [-0.2, 0) is 4.79 Å². The maximum absolute atomic E-state index is 10.9. The number of carbonyl (C=O) groups is 1. The van der Waals surface area contributed by atoms with Crippen molar-refractivity contribution in [3.63, 3.8) is 0 Å². The van der Waals surface area contributed by atoms with Gasteiger partial charge in [0.15, 0.2) is 5.12 Å². The summed E-state index contributed by atoms with van der Waals surface area (Å²) in [5.41, 5.74) is 2.50. The third-order valence-corrected chi connectivity index (χ3v) is 4.05. The molecule has 0 bridgehead atoms. The van der Waals surface area contributed by atoms with Crippen LogP contribution in [0.2, 0.25) is 0 Å². The van der Waals surface area contributed by atoms with E-state index in [1.165, 1.54) is 6.92 Å². The van der Waals surface area contributed by atoms with Crippen LogP contribution in [0.3, 0.4) is 0 Å². The highest BCUT2D eigenvalue weighted by Crippen LogP contribution is 2.23. The molecule has 0 amide bonds. The lowest BCUT2D eigenvalue weighted by atomic mass is 10.1. The summed E-state index contributed by atoms with van der Waals surface area (Å²) in [7, 11) is 0. The molecule has 0 spiro atoms. The van der Waals surface area contributed by atoms with Crippen molar-refractivity contribution in [3.8, 4) is 0 Å². The molecule has 0 radical (unpaired) electrons. The second kappa shape index (κ2) is 7.98. The van der Waals surface area contributed by atoms with Crippen LogP contribution in [0.1, 0.15) is 18.6 Å². The summed E-state index contributed by atoms with van der Waals surface area (Å²) in [6.45, 7) is 1.44. The number of aliphatic hydroxyl groups is 2. The maximum atomic E-state index is 10.9. The van der Waals surface area contributed by atoms with Gasteiger partial charge in [0, 0.05) is 24.1 Å². The molecule has 2 atom stereocenters. The Labute approximate surface area is 134 Å². The van der Waals surface area contributed by atoms with Crippen molar-refractivity contribution in [1.82, 2.24) is 0 Å². The van der Waals surface area contributed by atoms with E-state index in [0.717, 1.165) is 23.1 Å². The van der Waals surface area contributed by atoms with Crippen molar-refractivity contribution in [1.29, 1.82) is 0 Å². The van der Waals surface area contributed by atoms with E-state index in [1.54, 1.807) is 12.1 Å². The molecule has 2 rings (SSSR count). The van der Waals surface area contributed by atoms with Gasteiger partial charge in [0.1, 0.15) is 6.10 Å². The van der Waals surface area contributed by atoms with Crippen molar-refractivity contribution in [2.75, 3.05) is 11.1 Å². The minimum absolute atomic E-state index is 0.0753. The Morgan fingerprint density at radius 1 is 1.05 bits per heavy atom. The van der Waals surface area contributed by atoms with E-state index in [-0.39, 0.29) is 10.9 Å². The van der Waals surface area contributed by atoms with Crippen molar-refractivity contribution in [2.45, 2.75) is 19.1 Å². The van der Waals surface area contributed by atoms with Gasteiger partial charge in [0.25, 0.3) is 0 Å². The molecule has 0 fully saturated rings. The fraction of sp³-hybridized carbons (Fsp3) is 0.235. The molecule has 5 heteroatoms. The van der Waals surface area contributed by atoms with Gasteiger partial charge < -0.3 is 15.5 Å². The normalized spacial score (nSPS) is 13.4. The quantitative estimate of drug-likeness (QED) is 0.764. The van der Waals surface area contributed by atoms with Gasteiger partial charge in [-0.3, -0.25) is 4.79 Å². The summed E-state index contributed by atoms with van der Waals surface area (Å²) in [5.74, 6) is 0.181. The zero-order valence-corrected chi connectivity index (χ0v) is 13.1. The molecule has 2 aromatic rings. The first-order chi connectivity index (χ1) is 10.6. The molecule has 0 saturated carbocycles. The van der Waals surface area contributed by atoms with Crippen molar-refractivity contribution in [2.24, 2.45) is 0 Å². The van der Waals surface area contributed by atoms with Crippen LogP contribution >= 0.6 is 11.8 Å². The standard InChI is InChI=1S/C17H19NO3S/c1-12(19)22-11-16(20)17(21)13-7-9-15(10-8-13)18-14-5-3-2-4-6-14/h2-10,16-18,20-21H,11H2,1H3. The molecule has 0 aliphatic heterocycles. The Balaban J connectivity index is 1.97. The first-order valence-corrected chi connectivity index (χ1v) is 7.96. The van der Waals surface area contributed by atoms with Gasteiger partial charge >= 0.3 is 0 Å². The molecule has 0 heterocycles. The lowest BCUT2D eigenvalue weighted by Gasteiger charge is -2.17. The number of rotatable bonds is 6. The van der Waals surface area contributed by atoms with Crippen LogP contribution in [0.5, 0.6) is 0 Å². The number of carbonyl (C=O) groups excluding carboxylic acids is 1. The summed E-state index contributed by atoms with van der Waals surface area (Å²) in [6, 6.07) is 17.0. The van der Waals surface area contributed by atoms with E-state index in [9.17, 15) is 15.0 Å². The van der Waals surface area contributed by atoms with E-state index < -0.39 is 12.2 Å². The van der Waals surface area contributed by atoms with E-state index in [4.69, 9.17) is 0 Å². The number of nitrogens with one attached hydrogen (secondary N) is 1. The van der Waals surface area contributed by atoms with Crippen molar-refractivity contribution >= 4 is 28.3 Å². The van der Waals surface area contributed by atoms with E-state index in [0.29, 0.717) is 5.56 Å². The summed E-state index contributed by atoms with van der Waals surface area (Å²) < 4.78 is 0. The first-order valence-electron chi connectivity index (χ1n) is 6.98. The van der Waals surface area contributed by atoms with E-state index >= 15 is 0 Å². The van der Waals surface area contributed by atoms with Crippen LogP contribution in [-0.4, -0.2) is 27.2 Å². The maximum Gasteiger partial charge on any atom is 0.185 e. The van der Waals surface area contributed by atoms with Crippen molar-refractivity contribution < 1.29 is 15.0 Å². The minimum atomic E-state index is -1.00. The topological polar surface area (TPSA) is 69.6 Å². The van der Waals surface area contributed by atoms with Crippen LogP contribution in [0.4, 0.5) is 11.4 Å². The smallest absolute Gasteiger partial charge is 0.185 e. The molecule has 116 valence electrons. The number of benzene rings is 2. The predicted octanol–water partition coefficient (Wildman–Crippen LogP) is 3.10. The second-order valence-corrected chi connectivity index (χ2v) is 6.12. The molecule has 3 N–H and O–H groups in total. The molecule has 0 aliphatic rings. The number of para-hydroxylation sites is 1. The van der Waals surface area contributed by atoms with Gasteiger partial charge in [-0.1, -0.05) is 42.1 Å². The van der Waals surface area contributed by atoms with Crippen LogP contribution < -0.4 is 5.32 Å². The summed E-state index contributed by atoms with van der Waals surface area (Å²) in [4.78, 5) is 10.9. The largest absolute Gasteiger partial charge is 0.389 e. The number of hydrogen-bond acceptors (Lipinski definition) is 5. The van der Waals surface area contributed by atoms with Crippen molar-refractivity contribution in [3.05, 3.63) is 60.2 Å². The Morgan fingerprint density at radius 2 is 1.64 bits per heavy atom. The Morgan fingerprint density at radius 3 is 2.23 bits per heavy atom. The van der Waals surface area contributed by atoms with Gasteiger partial charge in [-0.25, -0.2) is 0 Å². The Bertz CT molecular complexity index is 601. The van der Waals surface area contributed by atoms with E-state index in [1.807, 2.05) is 42.5 Å². The SMILES string of the molecule is CC(=O)SCC(O)C(O)c1ccc(Nc2ccccc2)cc1.